The molecule has 0 aliphatic heterocycles. The van der Waals surface area contributed by atoms with E-state index in [4.69, 9.17) is 18.0 Å². The van der Waals surface area contributed by atoms with E-state index in [0.29, 0.717) is 5.41 Å². The summed E-state index contributed by atoms with van der Waals surface area (Å²) >= 11 is 4.79. The minimum absolute atomic E-state index is 0.279. The van der Waals surface area contributed by atoms with E-state index in [2.05, 4.69) is 10.5 Å². The van der Waals surface area contributed by atoms with Crippen LogP contribution in [0.4, 0.5) is 0 Å². The topological polar surface area (TPSA) is 50.4 Å². The Kier molecular flexibility index (Phi) is 3.24. The van der Waals surface area contributed by atoms with Gasteiger partial charge in [0.2, 0.25) is 0 Å². The summed E-state index contributed by atoms with van der Waals surface area (Å²) < 4.78 is 0. The molecular formula is C11H19N3S. The number of hydrazone groups is 1. The predicted molar refractivity (Wildman–Crippen MR) is 66.7 cm³/mol. The zero-order valence-electron chi connectivity index (χ0n) is 9.09. The molecule has 2 aliphatic rings. The van der Waals surface area contributed by atoms with Gasteiger partial charge in [-0.25, -0.2) is 0 Å². The number of nitrogens with one attached hydrogen (secondary N) is 1. The summed E-state index contributed by atoms with van der Waals surface area (Å²) in [6.45, 7) is 0. The number of thiocarbonyl (C=S) groups is 1. The van der Waals surface area contributed by atoms with Gasteiger partial charge in [0, 0.05) is 11.1 Å². The summed E-state index contributed by atoms with van der Waals surface area (Å²) in [5.41, 5.74) is 9.89. The Morgan fingerprint density at radius 2 is 1.80 bits per heavy atom. The Morgan fingerprint density at radius 1 is 1.20 bits per heavy atom. The number of nitrogens with two attached hydrogens (primary N) is 1. The maximum absolute atomic E-state index is 5.41. The monoisotopic (exact) mass is 225 g/mol. The second kappa shape index (κ2) is 4.47. The largest absolute Gasteiger partial charge is 0.375 e. The van der Waals surface area contributed by atoms with Crippen molar-refractivity contribution in [2.75, 3.05) is 0 Å². The Balaban J connectivity index is 2.12. The molecule has 3 N–H and O–H groups in total. The summed E-state index contributed by atoms with van der Waals surface area (Å²) in [5, 5.41) is 4.70. The molecule has 0 aromatic rings. The third-order valence-corrected chi connectivity index (χ3v) is 3.88. The lowest BCUT2D eigenvalue weighted by Gasteiger charge is -2.34. The minimum atomic E-state index is 0.279. The van der Waals surface area contributed by atoms with Gasteiger partial charge in [0.15, 0.2) is 5.11 Å². The van der Waals surface area contributed by atoms with Gasteiger partial charge in [0.05, 0.1) is 0 Å². The van der Waals surface area contributed by atoms with E-state index in [-0.39, 0.29) is 5.11 Å². The first-order valence-electron chi connectivity index (χ1n) is 5.85. The molecule has 2 fully saturated rings. The van der Waals surface area contributed by atoms with Crippen LogP contribution in [0.5, 0.6) is 0 Å². The van der Waals surface area contributed by atoms with Crippen LogP contribution in [0.25, 0.3) is 0 Å². The molecule has 0 bridgehead atoms. The van der Waals surface area contributed by atoms with Gasteiger partial charge in [-0.15, -0.1) is 0 Å². The van der Waals surface area contributed by atoms with Crippen molar-refractivity contribution in [3.63, 3.8) is 0 Å². The van der Waals surface area contributed by atoms with E-state index in [1.54, 1.807) is 0 Å². The Bertz CT molecular complexity index is 280. The lowest BCUT2D eigenvalue weighted by atomic mass is 9.71. The van der Waals surface area contributed by atoms with Crippen LogP contribution in [0.1, 0.15) is 51.4 Å². The predicted octanol–water partition coefficient (Wildman–Crippen LogP) is 2.31. The second-order valence-electron chi connectivity index (χ2n) is 4.73. The van der Waals surface area contributed by atoms with E-state index in [9.17, 15) is 0 Å². The van der Waals surface area contributed by atoms with Crippen molar-refractivity contribution in [1.29, 1.82) is 0 Å². The lowest BCUT2D eigenvalue weighted by Crippen LogP contribution is -2.35. The zero-order valence-corrected chi connectivity index (χ0v) is 9.91. The van der Waals surface area contributed by atoms with Crippen molar-refractivity contribution in [2.24, 2.45) is 16.3 Å². The summed E-state index contributed by atoms with van der Waals surface area (Å²) in [5.74, 6) is 0. The molecule has 2 saturated carbocycles. The maximum atomic E-state index is 5.41. The molecule has 0 saturated heterocycles. The average molecular weight is 225 g/mol. The second-order valence-corrected chi connectivity index (χ2v) is 5.17. The average Bonchev–Trinajstić information content (AvgIpc) is 2.66. The molecule has 84 valence electrons. The molecular weight excluding hydrogens is 206 g/mol. The van der Waals surface area contributed by atoms with E-state index in [1.807, 2.05) is 0 Å². The number of hydrogen-bond donors (Lipinski definition) is 2. The molecule has 1 spiro atoms. The summed E-state index contributed by atoms with van der Waals surface area (Å²) in [6.07, 6.45) is 10.4. The van der Waals surface area contributed by atoms with Crippen molar-refractivity contribution in [1.82, 2.24) is 5.43 Å². The molecule has 15 heavy (non-hydrogen) atoms. The van der Waals surface area contributed by atoms with Crippen LogP contribution in [-0.2, 0) is 0 Å². The molecule has 0 aromatic heterocycles. The molecule has 0 amide bonds. The number of nitrogens with zero attached hydrogens (tertiary/aromatic N) is 1. The van der Waals surface area contributed by atoms with Crippen molar-refractivity contribution >= 4 is 23.0 Å². The molecule has 0 heterocycles. The highest BCUT2D eigenvalue weighted by Crippen LogP contribution is 2.47. The first kappa shape index (κ1) is 10.9. The molecule has 0 aromatic carbocycles. The van der Waals surface area contributed by atoms with E-state index >= 15 is 0 Å². The fraction of sp³-hybridized carbons (Fsp3) is 0.818. The normalized spacial score (nSPS) is 27.1. The highest BCUT2D eigenvalue weighted by Gasteiger charge is 2.40. The maximum Gasteiger partial charge on any atom is 0.184 e. The molecule has 0 radical (unpaired) electrons. The van der Waals surface area contributed by atoms with Crippen LogP contribution >= 0.6 is 12.2 Å². The van der Waals surface area contributed by atoms with Crippen LogP contribution in [0.3, 0.4) is 0 Å². The van der Waals surface area contributed by atoms with Gasteiger partial charge in [-0.1, -0.05) is 19.3 Å². The van der Waals surface area contributed by atoms with Gasteiger partial charge in [-0.05, 0) is 44.3 Å². The third kappa shape index (κ3) is 2.30. The quantitative estimate of drug-likeness (QED) is 0.532. The minimum Gasteiger partial charge on any atom is -0.375 e. The fourth-order valence-electron chi connectivity index (χ4n) is 3.05. The van der Waals surface area contributed by atoms with Crippen LogP contribution in [0.15, 0.2) is 5.10 Å². The highest BCUT2D eigenvalue weighted by atomic mass is 32.1. The smallest absolute Gasteiger partial charge is 0.184 e. The van der Waals surface area contributed by atoms with Gasteiger partial charge >= 0.3 is 0 Å². The van der Waals surface area contributed by atoms with E-state index in [1.165, 1.54) is 50.7 Å². The van der Waals surface area contributed by atoms with Gasteiger partial charge in [0.25, 0.3) is 0 Å². The SMILES string of the molecule is NC(=S)NN=C1CCCCC12CCCC2. The summed E-state index contributed by atoms with van der Waals surface area (Å²) in [6, 6.07) is 0. The van der Waals surface area contributed by atoms with Crippen LogP contribution < -0.4 is 11.2 Å². The molecule has 0 unspecified atom stereocenters. The molecule has 2 rings (SSSR count). The molecule has 2 aliphatic carbocycles. The Labute approximate surface area is 96.5 Å². The molecule has 0 atom stereocenters. The first-order chi connectivity index (χ1) is 7.23. The molecule has 3 nitrogen and oxygen atoms in total. The van der Waals surface area contributed by atoms with E-state index in [0.717, 1.165) is 6.42 Å². The van der Waals surface area contributed by atoms with Crippen molar-refractivity contribution in [3.05, 3.63) is 0 Å². The van der Waals surface area contributed by atoms with Crippen LogP contribution in [0.2, 0.25) is 0 Å². The van der Waals surface area contributed by atoms with Crippen molar-refractivity contribution in [3.8, 4) is 0 Å². The lowest BCUT2D eigenvalue weighted by molar-refractivity contribution is 0.348. The van der Waals surface area contributed by atoms with Gasteiger partial charge < -0.3 is 5.73 Å². The highest BCUT2D eigenvalue weighted by molar-refractivity contribution is 7.80. The molecule has 4 heteroatoms. The standard InChI is InChI=1S/C11H19N3S/c12-10(15)14-13-9-5-1-2-6-11(9)7-3-4-8-11/h1-8H2,(H3,12,14,15). The summed E-state index contributed by atoms with van der Waals surface area (Å²) in [7, 11) is 0. The van der Waals surface area contributed by atoms with Gasteiger partial charge in [-0.3, -0.25) is 5.43 Å². The number of hydrogen-bond acceptors (Lipinski definition) is 2. The van der Waals surface area contributed by atoms with Crippen molar-refractivity contribution < 1.29 is 0 Å². The fourth-order valence-corrected chi connectivity index (χ4v) is 3.10. The Morgan fingerprint density at radius 3 is 2.40 bits per heavy atom. The number of rotatable bonds is 1. The van der Waals surface area contributed by atoms with Crippen LogP contribution in [-0.4, -0.2) is 10.8 Å². The van der Waals surface area contributed by atoms with Gasteiger partial charge in [-0.2, -0.15) is 5.10 Å². The van der Waals surface area contributed by atoms with Gasteiger partial charge in [0.1, 0.15) is 0 Å². The first-order valence-corrected chi connectivity index (χ1v) is 6.26. The zero-order chi connectivity index (χ0) is 10.7. The third-order valence-electron chi connectivity index (χ3n) is 3.79. The van der Waals surface area contributed by atoms with Crippen LogP contribution in [0, 0.1) is 5.41 Å². The van der Waals surface area contributed by atoms with Crippen molar-refractivity contribution in [2.45, 2.75) is 51.4 Å². The Hall–Kier alpha value is -0.640. The van der Waals surface area contributed by atoms with E-state index < -0.39 is 0 Å². The summed E-state index contributed by atoms with van der Waals surface area (Å²) in [4.78, 5) is 0.